The van der Waals surface area contributed by atoms with Crippen LogP contribution in [-0.2, 0) is 13.0 Å². The molecule has 3 rings (SSSR count). The van der Waals surface area contributed by atoms with Crippen LogP contribution in [0.3, 0.4) is 0 Å². The first kappa shape index (κ1) is 15.9. The van der Waals surface area contributed by atoms with E-state index in [1.807, 2.05) is 13.8 Å². The number of nitrogens with one attached hydrogen (secondary N) is 1. The largest absolute Gasteiger partial charge is 0.296 e. The van der Waals surface area contributed by atoms with E-state index in [-0.39, 0.29) is 11.4 Å². The van der Waals surface area contributed by atoms with Crippen molar-refractivity contribution < 1.29 is 14.4 Å². The summed E-state index contributed by atoms with van der Waals surface area (Å²) >= 11 is 0. The molecule has 0 bridgehead atoms. The number of amides is 1. The Labute approximate surface area is 124 Å². The molecule has 1 aromatic rings. The van der Waals surface area contributed by atoms with Crippen LogP contribution < -0.4 is 5.48 Å². The number of benzene rings is 1. The van der Waals surface area contributed by atoms with Gasteiger partial charge in [-0.15, -0.1) is 0 Å². The molecule has 1 heterocycles. The van der Waals surface area contributed by atoms with E-state index in [1.165, 1.54) is 25.3 Å². The molecule has 21 heavy (non-hydrogen) atoms. The fourth-order valence-electron chi connectivity index (χ4n) is 2.93. The van der Waals surface area contributed by atoms with Gasteiger partial charge in [-0.3, -0.25) is 14.9 Å². The van der Waals surface area contributed by atoms with Crippen molar-refractivity contribution in [2.75, 3.05) is 6.54 Å². The van der Waals surface area contributed by atoms with Gasteiger partial charge in [0, 0.05) is 24.7 Å². The number of hydrogen-bond donors (Lipinski definition) is 2. The minimum absolute atomic E-state index is 0.175. The average molecular weight is 294 g/mol. The molecule has 5 heteroatoms. The summed E-state index contributed by atoms with van der Waals surface area (Å²) in [6, 6.07) is 3.50. The Morgan fingerprint density at radius 2 is 2.10 bits per heavy atom. The summed E-state index contributed by atoms with van der Waals surface area (Å²) in [6.45, 7) is 5.59. The molecule has 1 aliphatic heterocycles. The second-order valence-corrected chi connectivity index (χ2v) is 5.34. The van der Waals surface area contributed by atoms with Gasteiger partial charge in [0.25, 0.3) is 5.91 Å². The molecule has 1 aliphatic carbocycles. The smallest absolute Gasteiger partial charge is 0.274 e. The first-order valence-electron chi connectivity index (χ1n) is 7.69. The highest BCUT2D eigenvalue weighted by Gasteiger charge is 2.29. The minimum Gasteiger partial charge on any atom is -0.296 e. The Balaban J connectivity index is 0.000000774. The summed E-state index contributed by atoms with van der Waals surface area (Å²) in [4.78, 5) is 13.8. The van der Waals surface area contributed by atoms with Gasteiger partial charge in [0.15, 0.2) is 0 Å². The molecular formula is C16H23FN2O2. The summed E-state index contributed by atoms with van der Waals surface area (Å²) < 4.78 is 14.0. The lowest BCUT2D eigenvalue weighted by atomic mass is 9.88. The van der Waals surface area contributed by atoms with Gasteiger partial charge in [-0.05, 0) is 42.5 Å². The van der Waals surface area contributed by atoms with Gasteiger partial charge in [0.05, 0.1) is 0 Å². The molecule has 0 radical (unpaired) electrons. The Morgan fingerprint density at radius 1 is 1.38 bits per heavy atom. The van der Waals surface area contributed by atoms with E-state index >= 15 is 0 Å². The van der Waals surface area contributed by atoms with Crippen LogP contribution in [-0.4, -0.2) is 28.6 Å². The molecular weight excluding hydrogens is 271 g/mol. The zero-order valence-electron chi connectivity index (χ0n) is 12.7. The number of carbonyl (C=O) groups excluding carboxylic acids is 1. The quantitative estimate of drug-likeness (QED) is 0.651. The number of hydrogen-bond acceptors (Lipinski definition) is 3. The molecule has 1 saturated carbocycles. The van der Waals surface area contributed by atoms with Crippen molar-refractivity contribution in [3.63, 3.8) is 0 Å². The number of carbonyl (C=O) groups is 1. The molecule has 0 atom stereocenters. The van der Waals surface area contributed by atoms with Gasteiger partial charge >= 0.3 is 0 Å². The third kappa shape index (κ3) is 3.24. The van der Waals surface area contributed by atoms with Crippen molar-refractivity contribution >= 4 is 5.91 Å². The van der Waals surface area contributed by atoms with Crippen molar-refractivity contribution in [1.29, 1.82) is 0 Å². The van der Waals surface area contributed by atoms with E-state index in [4.69, 9.17) is 5.21 Å². The van der Waals surface area contributed by atoms with Crippen molar-refractivity contribution in [2.24, 2.45) is 0 Å². The van der Waals surface area contributed by atoms with Crippen LogP contribution in [0.5, 0.6) is 0 Å². The van der Waals surface area contributed by atoms with E-state index in [9.17, 15) is 9.18 Å². The number of rotatable bonds is 2. The van der Waals surface area contributed by atoms with Crippen LogP contribution in [0.25, 0.3) is 0 Å². The summed E-state index contributed by atoms with van der Waals surface area (Å²) in [5.41, 5.74) is 3.31. The second-order valence-electron chi connectivity index (χ2n) is 5.34. The fourth-order valence-corrected chi connectivity index (χ4v) is 2.93. The Bertz CT molecular complexity index is 515. The summed E-state index contributed by atoms with van der Waals surface area (Å²) in [6.07, 6.45) is 4.40. The number of halogens is 1. The lowest BCUT2D eigenvalue weighted by molar-refractivity contribution is 0.0705. The average Bonchev–Trinajstić information content (AvgIpc) is 2.46. The van der Waals surface area contributed by atoms with Crippen LogP contribution in [0.15, 0.2) is 12.1 Å². The van der Waals surface area contributed by atoms with Crippen molar-refractivity contribution in [3.8, 4) is 0 Å². The molecule has 1 fully saturated rings. The zero-order valence-corrected chi connectivity index (χ0v) is 12.7. The topological polar surface area (TPSA) is 52.6 Å². The fraction of sp³-hybridized carbons (Fsp3) is 0.562. The molecule has 4 nitrogen and oxygen atoms in total. The Kier molecular flexibility index (Phi) is 5.31. The van der Waals surface area contributed by atoms with Gasteiger partial charge < -0.3 is 0 Å². The number of nitrogens with zero attached hydrogens (tertiary/aromatic N) is 1. The maximum atomic E-state index is 14.0. The SMILES string of the molecule is CC.O=C(NO)c1cc(F)c2c(c1)CN(C1CCC1)CC2. The molecule has 0 aromatic heterocycles. The molecule has 0 unspecified atom stereocenters. The highest BCUT2D eigenvalue weighted by atomic mass is 19.1. The van der Waals surface area contributed by atoms with Crippen molar-refractivity contribution in [1.82, 2.24) is 10.4 Å². The molecule has 2 aliphatic rings. The second kappa shape index (κ2) is 7.00. The molecule has 0 saturated heterocycles. The van der Waals surface area contributed by atoms with E-state index < -0.39 is 5.91 Å². The third-order valence-electron chi connectivity index (χ3n) is 4.27. The number of hydroxylamine groups is 1. The van der Waals surface area contributed by atoms with Crippen molar-refractivity contribution in [3.05, 3.63) is 34.6 Å². The Hall–Kier alpha value is -1.46. The first-order chi connectivity index (χ1) is 10.2. The van der Waals surface area contributed by atoms with Gasteiger partial charge in [0.2, 0.25) is 0 Å². The summed E-state index contributed by atoms with van der Waals surface area (Å²) in [5.74, 6) is -1.01. The molecule has 2 N–H and O–H groups in total. The van der Waals surface area contributed by atoms with Crippen LogP contribution in [0.1, 0.15) is 54.6 Å². The van der Waals surface area contributed by atoms with E-state index in [1.54, 1.807) is 11.5 Å². The molecule has 1 amide bonds. The van der Waals surface area contributed by atoms with E-state index in [0.717, 1.165) is 12.1 Å². The maximum Gasteiger partial charge on any atom is 0.274 e. The van der Waals surface area contributed by atoms with Gasteiger partial charge in [0.1, 0.15) is 5.82 Å². The van der Waals surface area contributed by atoms with Crippen LogP contribution in [0.2, 0.25) is 0 Å². The van der Waals surface area contributed by atoms with Gasteiger partial charge in [-0.25, -0.2) is 9.87 Å². The predicted octanol–water partition coefficient (Wildman–Crippen LogP) is 2.88. The molecule has 0 spiro atoms. The van der Waals surface area contributed by atoms with Gasteiger partial charge in [-0.2, -0.15) is 0 Å². The summed E-state index contributed by atoms with van der Waals surface area (Å²) in [5, 5.41) is 8.64. The van der Waals surface area contributed by atoms with Crippen LogP contribution >= 0.6 is 0 Å². The lowest BCUT2D eigenvalue weighted by Crippen LogP contribution is -2.43. The van der Waals surface area contributed by atoms with E-state index in [0.29, 0.717) is 24.6 Å². The molecule has 116 valence electrons. The van der Waals surface area contributed by atoms with E-state index in [2.05, 4.69) is 4.90 Å². The maximum absolute atomic E-state index is 14.0. The van der Waals surface area contributed by atoms with Crippen LogP contribution in [0.4, 0.5) is 4.39 Å². The lowest BCUT2D eigenvalue weighted by Gasteiger charge is -2.40. The third-order valence-corrected chi connectivity index (χ3v) is 4.27. The number of fused-ring (bicyclic) bond motifs is 1. The van der Waals surface area contributed by atoms with Crippen molar-refractivity contribution in [2.45, 2.75) is 52.1 Å². The minimum atomic E-state index is -0.664. The highest BCUT2D eigenvalue weighted by Crippen LogP contribution is 2.31. The summed E-state index contributed by atoms with van der Waals surface area (Å²) in [7, 11) is 0. The zero-order chi connectivity index (χ0) is 15.4. The highest BCUT2D eigenvalue weighted by molar-refractivity contribution is 5.93. The first-order valence-corrected chi connectivity index (χ1v) is 7.69. The predicted molar refractivity (Wildman–Crippen MR) is 78.8 cm³/mol. The monoisotopic (exact) mass is 294 g/mol. The van der Waals surface area contributed by atoms with Gasteiger partial charge in [-0.1, -0.05) is 20.3 Å². The van der Waals surface area contributed by atoms with Crippen LogP contribution in [0, 0.1) is 5.82 Å². The molecule has 1 aromatic carbocycles. The normalized spacial score (nSPS) is 18.1. The Morgan fingerprint density at radius 3 is 2.67 bits per heavy atom. The standard InChI is InChI=1S/C14H17FN2O2.C2H6/c15-13-7-9(14(18)16-19)6-10-8-17(5-4-12(10)13)11-2-1-3-11;1-2/h6-7,11,19H,1-5,8H2,(H,16,18);1-2H3.